The Balaban J connectivity index is 1.76. The summed E-state index contributed by atoms with van der Waals surface area (Å²) in [7, 11) is -4.39. The van der Waals surface area contributed by atoms with Crippen LogP contribution in [0.5, 0.6) is 0 Å². The minimum Gasteiger partial charge on any atom is -0.352 e. The second-order valence-electron chi connectivity index (χ2n) is 6.76. The summed E-state index contributed by atoms with van der Waals surface area (Å²) in [6.45, 7) is 0.0391. The Morgan fingerprint density at radius 3 is 2.25 bits per heavy atom. The van der Waals surface area contributed by atoms with Crippen LogP contribution in [0.25, 0.3) is 11.3 Å². The van der Waals surface area contributed by atoms with Crippen LogP contribution in [0.15, 0.2) is 65.8 Å². The Morgan fingerprint density at radius 1 is 0.969 bits per heavy atom. The van der Waals surface area contributed by atoms with Crippen LogP contribution in [-0.2, 0) is 27.4 Å². The van der Waals surface area contributed by atoms with Crippen molar-refractivity contribution in [3.05, 3.63) is 77.7 Å². The number of hydrogen-bond acceptors (Lipinski definition) is 5. The second kappa shape index (κ2) is 9.43. The molecule has 1 heterocycles. The Bertz CT molecular complexity index is 1200. The first-order chi connectivity index (χ1) is 15.0. The molecule has 168 valence electrons. The smallest absolute Gasteiger partial charge is 0.352 e. The van der Waals surface area contributed by atoms with E-state index in [4.69, 9.17) is 0 Å². The third-order valence-electron chi connectivity index (χ3n) is 4.34. The largest absolute Gasteiger partial charge is 0.433 e. The van der Waals surface area contributed by atoms with Gasteiger partial charge in [0.1, 0.15) is 11.5 Å². The van der Waals surface area contributed by atoms with Gasteiger partial charge in [-0.25, -0.2) is 22.8 Å². The van der Waals surface area contributed by atoms with Crippen molar-refractivity contribution in [2.24, 2.45) is 0 Å². The molecular formula is C21H17F4N3O3S. The topological polar surface area (TPSA) is 89.0 Å². The molecule has 3 rings (SSSR count). The van der Waals surface area contributed by atoms with Gasteiger partial charge in [0.2, 0.25) is 20.9 Å². The molecule has 0 bridgehead atoms. The first kappa shape index (κ1) is 23.3. The van der Waals surface area contributed by atoms with Gasteiger partial charge in [0.25, 0.3) is 0 Å². The number of halogens is 4. The maximum Gasteiger partial charge on any atom is 0.433 e. The molecule has 0 saturated heterocycles. The van der Waals surface area contributed by atoms with Crippen molar-refractivity contribution in [3.8, 4) is 11.3 Å². The van der Waals surface area contributed by atoms with Crippen molar-refractivity contribution in [3.63, 3.8) is 0 Å². The summed E-state index contributed by atoms with van der Waals surface area (Å²) >= 11 is 0. The van der Waals surface area contributed by atoms with Gasteiger partial charge in [-0.2, -0.15) is 13.2 Å². The fourth-order valence-electron chi connectivity index (χ4n) is 2.68. The van der Waals surface area contributed by atoms with Gasteiger partial charge in [-0.15, -0.1) is 0 Å². The number of carbonyl (C=O) groups is 1. The van der Waals surface area contributed by atoms with Gasteiger partial charge in [0.15, 0.2) is 0 Å². The number of rotatable bonds is 7. The molecule has 0 radical (unpaired) electrons. The van der Waals surface area contributed by atoms with Crippen molar-refractivity contribution in [2.75, 3.05) is 5.75 Å². The van der Waals surface area contributed by atoms with E-state index in [2.05, 4.69) is 15.3 Å². The lowest BCUT2D eigenvalue weighted by atomic mass is 10.1. The minimum absolute atomic E-state index is 0.0391. The first-order valence-electron chi connectivity index (χ1n) is 9.30. The van der Waals surface area contributed by atoms with Crippen molar-refractivity contribution < 1.29 is 30.8 Å². The average molecular weight is 467 g/mol. The Kier molecular flexibility index (Phi) is 6.87. The minimum atomic E-state index is -4.89. The van der Waals surface area contributed by atoms with Crippen molar-refractivity contribution in [1.82, 2.24) is 15.3 Å². The summed E-state index contributed by atoms with van der Waals surface area (Å²) in [6.07, 6.45) is -5.40. The molecule has 0 aliphatic carbocycles. The molecule has 1 aromatic heterocycles. The van der Waals surface area contributed by atoms with E-state index in [9.17, 15) is 30.8 Å². The lowest BCUT2D eigenvalue weighted by Crippen LogP contribution is -2.26. The lowest BCUT2D eigenvalue weighted by molar-refractivity contribution is -0.141. The van der Waals surface area contributed by atoms with E-state index in [1.54, 1.807) is 18.2 Å². The van der Waals surface area contributed by atoms with Crippen LogP contribution in [0.3, 0.4) is 0 Å². The van der Waals surface area contributed by atoms with Gasteiger partial charge in [0, 0.05) is 18.5 Å². The summed E-state index contributed by atoms with van der Waals surface area (Å²) in [5.41, 5.74) is -0.719. The Morgan fingerprint density at radius 2 is 1.62 bits per heavy atom. The van der Waals surface area contributed by atoms with Gasteiger partial charge < -0.3 is 5.32 Å². The van der Waals surface area contributed by atoms with Crippen molar-refractivity contribution in [1.29, 1.82) is 0 Å². The van der Waals surface area contributed by atoms with Crippen LogP contribution in [0.1, 0.15) is 17.7 Å². The number of amides is 1. The number of carbonyl (C=O) groups excluding carboxylic acids is 1. The Labute approximate surface area is 181 Å². The highest BCUT2D eigenvalue weighted by Crippen LogP contribution is 2.31. The molecule has 11 heteroatoms. The van der Waals surface area contributed by atoms with Crippen LogP contribution in [0.4, 0.5) is 17.6 Å². The first-order valence-corrected chi connectivity index (χ1v) is 11.0. The molecular weight excluding hydrogens is 450 g/mol. The predicted molar refractivity (Wildman–Crippen MR) is 107 cm³/mol. The number of hydrogen-bond donors (Lipinski definition) is 1. The normalized spacial score (nSPS) is 11.9. The highest BCUT2D eigenvalue weighted by molar-refractivity contribution is 7.91. The summed E-state index contributed by atoms with van der Waals surface area (Å²) in [5.74, 6) is -1.87. The second-order valence-corrected chi connectivity index (χ2v) is 8.76. The van der Waals surface area contributed by atoms with E-state index in [1.807, 2.05) is 0 Å². The van der Waals surface area contributed by atoms with E-state index in [1.165, 1.54) is 36.4 Å². The van der Waals surface area contributed by atoms with Gasteiger partial charge in [-0.05, 0) is 23.8 Å². The van der Waals surface area contributed by atoms with Gasteiger partial charge in [0.05, 0.1) is 11.4 Å². The van der Waals surface area contributed by atoms with E-state index >= 15 is 0 Å². The molecule has 0 fully saturated rings. The van der Waals surface area contributed by atoms with Crippen LogP contribution in [0.2, 0.25) is 0 Å². The van der Waals surface area contributed by atoms with Crippen LogP contribution < -0.4 is 5.32 Å². The van der Waals surface area contributed by atoms with Gasteiger partial charge in [-0.3, -0.25) is 4.79 Å². The van der Waals surface area contributed by atoms with E-state index in [0.717, 1.165) is 0 Å². The molecule has 3 aromatic rings. The third kappa shape index (κ3) is 6.10. The van der Waals surface area contributed by atoms with E-state index in [-0.39, 0.29) is 17.8 Å². The molecule has 6 nitrogen and oxygen atoms in total. The summed E-state index contributed by atoms with van der Waals surface area (Å²) in [4.78, 5) is 19.0. The quantitative estimate of drug-likeness (QED) is 0.422. The Hall–Kier alpha value is -3.34. The fraction of sp³-hybridized carbons (Fsp3) is 0.190. The fourth-order valence-corrected chi connectivity index (χ4v) is 3.79. The van der Waals surface area contributed by atoms with Crippen LogP contribution in [0, 0.1) is 5.82 Å². The third-order valence-corrected chi connectivity index (χ3v) is 5.83. The maximum atomic E-state index is 13.3. The molecule has 0 saturated carbocycles. The predicted octanol–water partition coefficient (Wildman–Crippen LogP) is 3.78. The number of nitrogens with zero attached hydrogens (tertiary/aromatic N) is 2. The average Bonchev–Trinajstić information content (AvgIpc) is 2.77. The molecule has 0 unspecified atom stereocenters. The van der Waals surface area contributed by atoms with Gasteiger partial charge in [-0.1, -0.05) is 42.5 Å². The zero-order chi connectivity index (χ0) is 23.4. The van der Waals surface area contributed by atoms with E-state index < -0.39 is 50.8 Å². The van der Waals surface area contributed by atoms with E-state index in [0.29, 0.717) is 11.6 Å². The molecule has 2 aromatic carbocycles. The van der Waals surface area contributed by atoms with Gasteiger partial charge >= 0.3 is 6.18 Å². The molecule has 0 aliphatic heterocycles. The highest BCUT2D eigenvalue weighted by atomic mass is 32.2. The van der Waals surface area contributed by atoms with Crippen LogP contribution >= 0.6 is 0 Å². The molecule has 32 heavy (non-hydrogen) atoms. The number of sulfone groups is 1. The molecule has 0 spiro atoms. The standard InChI is InChI=1S/C21H17F4N3O3S/c22-16-8-6-14(7-9-16)13-26-19(29)10-11-32(30,31)20-27-17(15-4-2-1-3-5-15)12-18(28-20)21(23,24)25/h1-9,12H,10-11,13H2,(H,26,29). The van der Waals surface area contributed by atoms with Crippen LogP contribution in [-0.4, -0.2) is 30.0 Å². The van der Waals surface area contributed by atoms with Crippen molar-refractivity contribution in [2.45, 2.75) is 24.3 Å². The zero-order valence-electron chi connectivity index (χ0n) is 16.4. The zero-order valence-corrected chi connectivity index (χ0v) is 17.3. The summed E-state index contributed by atoms with van der Waals surface area (Å²) in [5, 5.41) is 1.47. The molecule has 0 atom stereocenters. The van der Waals surface area contributed by atoms with Crippen molar-refractivity contribution >= 4 is 15.7 Å². The number of aromatic nitrogens is 2. The monoisotopic (exact) mass is 467 g/mol. The highest BCUT2D eigenvalue weighted by Gasteiger charge is 2.35. The summed E-state index contributed by atoms with van der Waals surface area (Å²) < 4.78 is 77.9. The number of alkyl halides is 3. The summed E-state index contributed by atoms with van der Waals surface area (Å²) in [6, 6.07) is 13.8. The lowest BCUT2D eigenvalue weighted by Gasteiger charge is -2.11. The maximum absolute atomic E-state index is 13.3. The molecule has 1 amide bonds. The number of nitrogens with one attached hydrogen (secondary N) is 1. The molecule has 0 aliphatic rings. The SMILES string of the molecule is O=C(CCS(=O)(=O)c1nc(-c2ccccc2)cc(C(F)(F)F)n1)NCc1ccc(F)cc1. The number of benzene rings is 2. The molecule has 1 N–H and O–H groups in total.